The molecule has 0 aliphatic rings. The second-order valence-electron chi connectivity index (χ2n) is 2.75. The van der Waals surface area contributed by atoms with E-state index in [2.05, 4.69) is 0 Å². The number of carbonyl (C=O) groups excluding carboxylic acids is 1. The Morgan fingerprint density at radius 3 is 2.71 bits per heavy atom. The van der Waals surface area contributed by atoms with Crippen molar-refractivity contribution in [3.05, 3.63) is 29.6 Å². The molecule has 0 radical (unpaired) electrons. The van der Waals surface area contributed by atoms with Crippen molar-refractivity contribution in [3.8, 4) is 5.75 Å². The number of benzene rings is 1. The van der Waals surface area contributed by atoms with Gasteiger partial charge >= 0.3 is 0 Å². The van der Waals surface area contributed by atoms with Crippen molar-refractivity contribution in [2.75, 3.05) is 6.61 Å². The zero-order chi connectivity index (χ0) is 10.6. The summed E-state index contributed by atoms with van der Waals surface area (Å²) in [6.45, 7) is -0.0574. The molecule has 0 aliphatic carbocycles. The number of hydrogen-bond acceptors (Lipinski definition) is 3. The first-order valence-corrected chi connectivity index (χ1v) is 4.02. The summed E-state index contributed by atoms with van der Waals surface area (Å²) in [5, 5.41) is 0. The largest absolute Gasteiger partial charge is 0.484 e. The summed E-state index contributed by atoms with van der Waals surface area (Å²) in [4.78, 5) is 10.4. The first kappa shape index (κ1) is 10.5. The molecule has 4 nitrogen and oxygen atoms in total. The zero-order valence-electron chi connectivity index (χ0n) is 7.50. The average Bonchev–Trinajstić information content (AvgIpc) is 2.14. The molecule has 0 aliphatic heterocycles. The van der Waals surface area contributed by atoms with Crippen LogP contribution in [0.15, 0.2) is 18.2 Å². The highest BCUT2D eigenvalue weighted by Gasteiger charge is 2.02. The van der Waals surface area contributed by atoms with E-state index >= 15 is 0 Å². The molecule has 1 amide bonds. The molecule has 0 bridgehead atoms. The van der Waals surface area contributed by atoms with Crippen LogP contribution in [0.5, 0.6) is 5.75 Å². The van der Waals surface area contributed by atoms with Gasteiger partial charge in [0.25, 0.3) is 5.91 Å². The lowest BCUT2D eigenvalue weighted by molar-refractivity contribution is -0.119. The minimum absolute atomic E-state index is 0.213. The van der Waals surface area contributed by atoms with Gasteiger partial charge in [-0.3, -0.25) is 4.79 Å². The highest BCUT2D eigenvalue weighted by atomic mass is 19.1. The van der Waals surface area contributed by atoms with E-state index in [4.69, 9.17) is 16.2 Å². The molecule has 0 saturated heterocycles. The summed E-state index contributed by atoms with van der Waals surface area (Å²) in [5.74, 6) is -0.805. The SMILES string of the molecule is NCc1cc(F)cc(OCC(N)=O)c1. The predicted molar refractivity (Wildman–Crippen MR) is 49.0 cm³/mol. The van der Waals surface area contributed by atoms with E-state index in [9.17, 15) is 9.18 Å². The highest BCUT2D eigenvalue weighted by molar-refractivity contribution is 5.75. The Hall–Kier alpha value is -1.62. The number of nitrogens with two attached hydrogens (primary N) is 2. The molecule has 0 fully saturated rings. The second-order valence-corrected chi connectivity index (χ2v) is 2.75. The van der Waals surface area contributed by atoms with Crippen molar-refractivity contribution in [1.82, 2.24) is 0 Å². The fourth-order valence-corrected chi connectivity index (χ4v) is 0.976. The average molecular weight is 198 g/mol. The standard InChI is InChI=1S/C9H11FN2O2/c10-7-1-6(4-11)2-8(3-7)14-5-9(12)13/h1-3H,4-5,11H2,(H2,12,13). The van der Waals surface area contributed by atoms with Crippen LogP contribution >= 0.6 is 0 Å². The van der Waals surface area contributed by atoms with E-state index < -0.39 is 11.7 Å². The van der Waals surface area contributed by atoms with Crippen molar-refractivity contribution >= 4 is 5.91 Å². The second kappa shape index (κ2) is 4.57. The molecule has 1 aromatic rings. The lowest BCUT2D eigenvalue weighted by Crippen LogP contribution is -2.20. The minimum atomic E-state index is -0.608. The molecule has 0 heterocycles. The van der Waals surface area contributed by atoms with Gasteiger partial charge in [0.15, 0.2) is 6.61 Å². The molecule has 76 valence electrons. The third-order valence-corrected chi connectivity index (χ3v) is 1.55. The maximum atomic E-state index is 12.9. The van der Waals surface area contributed by atoms with Crippen LogP contribution in [0, 0.1) is 5.82 Å². The molecule has 1 rings (SSSR count). The van der Waals surface area contributed by atoms with Gasteiger partial charge in [0, 0.05) is 12.6 Å². The van der Waals surface area contributed by atoms with Gasteiger partial charge in [-0.05, 0) is 17.7 Å². The fourth-order valence-electron chi connectivity index (χ4n) is 0.976. The summed E-state index contributed by atoms with van der Waals surface area (Å²) in [5.41, 5.74) is 10.8. The van der Waals surface area contributed by atoms with Gasteiger partial charge in [-0.1, -0.05) is 0 Å². The first-order chi connectivity index (χ1) is 6.61. The predicted octanol–water partition coefficient (Wildman–Crippen LogP) is 0.148. The van der Waals surface area contributed by atoms with Crippen LogP contribution in [-0.2, 0) is 11.3 Å². The maximum Gasteiger partial charge on any atom is 0.255 e. The molecule has 1 aromatic carbocycles. The Morgan fingerprint density at radius 1 is 1.43 bits per heavy atom. The van der Waals surface area contributed by atoms with E-state index in [1.54, 1.807) is 6.07 Å². The highest BCUT2D eigenvalue weighted by Crippen LogP contribution is 2.15. The molecular weight excluding hydrogens is 187 g/mol. The van der Waals surface area contributed by atoms with Crippen LogP contribution < -0.4 is 16.2 Å². The van der Waals surface area contributed by atoms with Gasteiger partial charge in [0.05, 0.1) is 0 Å². The molecule has 5 heteroatoms. The maximum absolute atomic E-state index is 12.9. The molecule has 0 spiro atoms. The number of halogens is 1. The monoisotopic (exact) mass is 198 g/mol. The van der Waals surface area contributed by atoms with E-state index in [0.29, 0.717) is 5.56 Å². The van der Waals surface area contributed by atoms with Crippen LogP contribution in [0.2, 0.25) is 0 Å². The normalized spacial score (nSPS) is 9.86. The Balaban J connectivity index is 2.76. The van der Waals surface area contributed by atoms with E-state index in [-0.39, 0.29) is 18.9 Å². The summed E-state index contributed by atoms with van der Waals surface area (Å²) in [7, 11) is 0. The third-order valence-electron chi connectivity index (χ3n) is 1.55. The number of hydrogen-bond donors (Lipinski definition) is 2. The van der Waals surface area contributed by atoms with Gasteiger partial charge < -0.3 is 16.2 Å². The Bertz CT molecular complexity index is 342. The number of carbonyl (C=O) groups is 1. The molecular formula is C9H11FN2O2. The lowest BCUT2D eigenvalue weighted by Gasteiger charge is -2.05. The fraction of sp³-hybridized carbons (Fsp3) is 0.222. The number of ether oxygens (including phenoxy) is 1. The minimum Gasteiger partial charge on any atom is -0.484 e. The van der Waals surface area contributed by atoms with Crippen molar-refractivity contribution in [1.29, 1.82) is 0 Å². The van der Waals surface area contributed by atoms with Crippen molar-refractivity contribution < 1.29 is 13.9 Å². The van der Waals surface area contributed by atoms with Crippen molar-refractivity contribution in [3.63, 3.8) is 0 Å². The van der Waals surface area contributed by atoms with Crippen molar-refractivity contribution in [2.24, 2.45) is 11.5 Å². The Labute approximate surface area is 80.6 Å². The summed E-state index contributed by atoms with van der Waals surface area (Å²) < 4.78 is 17.8. The van der Waals surface area contributed by atoms with Gasteiger partial charge in [0.2, 0.25) is 0 Å². The van der Waals surface area contributed by atoms with Gasteiger partial charge in [-0.15, -0.1) is 0 Å². The van der Waals surface area contributed by atoms with Gasteiger partial charge in [-0.25, -0.2) is 4.39 Å². The Morgan fingerprint density at radius 2 is 2.14 bits per heavy atom. The molecule has 4 N–H and O–H groups in total. The van der Waals surface area contributed by atoms with Crippen LogP contribution in [0.1, 0.15) is 5.56 Å². The lowest BCUT2D eigenvalue weighted by atomic mass is 10.2. The Kier molecular flexibility index (Phi) is 3.41. The van der Waals surface area contributed by atoms with Crippen LogP contribution in [0.4, 0.5) is 4.39 Å². The van der Waals surface area contributed by atoms with E-state index in [0.717, 1.165) is 0 Å². The summed E-state index contributed by atoms with van der Waals surface area (Å²) >= 11 is 0. The van der Waals surface area contributed by atoms with E-state index in [1.807, 2.05) is 0 Å². The molecule has 0 saturated carbocycles. The topological polar surface area (TPSA) is 78.3 Å². The molecule has 0 atom stereocenters. The third kappa shape index (κ3) is 3.02. The quantitative estimate of drug-likeness (QED) is 0.722. The van der Waals surface area contributed by atoms with Gasteiger partial charge in [-0.2, -0.15) is 0 Å². The molecule has 0 unspecified atom stereocenters. The first-order valence-electron chi connectivity index (χ1n) is 4.02. The van der Waals surface area contributed by atoms with Crippen LogP contribution in [0.3, 0.4) is 0 Å². The number of rotatable bonds is 4. The molecule has 14 heavy (non-hydrogen) atoms. The number of amides is 1. The van der Waals surface area contributed by atoms with Crippen molar-refractivity contribution in [2.45, 2.75) is 6.54 Å². The van der Waals surface area contributed by atoms with E-state index in [1.165, 1.54) is 12.1 Å². The van der Waals surface area contributed by atoms with Crippen LogP contribution in [-0.4, -0.2) is 12.5 Å². The number of primary amides is 1. The molecule has 0 aromatic heterocycles. The summed E-state index contributed by atoms with van der Waals surface area (Å²) in [6, 6.07) is 4.03. The smallest absolute Gasteiger partial charge is 0.255 e. The zero-order valence-corrected chi connectivity index (χ0v) is 7.50. The van der Waals surface area contributed by atoms with Crippen LogP contribution in [0.25, 0.3) is 0 Å². The summed E-state index contributed by atoms with van der Waals surface area (Å²) in [6.07, 6.45) is 0. The van der Waals surface area contributed by atoms with Gasteiger partial charge in [0.1, 0.15) is 11.6 Å².